The molecule has 0 radical (unpaired) electrons. The van der Waals surface area contributed by atoms with Crippen LogP contribution in [0.3, 0.4) is 0 Å². The van der Waals surface area contributed by atoms with E-state index in [0.29, 0.717) is 11.3 Å². The molecule has 0 saturated heterocycles. The lowest BCUT2D eigenvalue weighted by Gasteiger charge is -2.34. The Morgan fingerprint density at radius 1 is 1.13 bits per heavy atom. The Labute approximate surface area is 183 Å². The quantitative estimate of drug-likeness (QED) is 0.682. The molecule has 2 aromatic rings. The highest BCUT2D eigenvalue weighted by Gasteiger charge is 2.29. The number of amides is 1. The number of ether oxygens (including phenoxy) is 2. The van der Waals surface area contributed by atoms with Crippen LogP contribution in [0.1, 0.15) is 69.6 Å². The van der Waals surface area contributed by atoms with Crippen LogP contribution in [-0.4, -0.2) is 46.3 Å². The molecule has 8 nitrogen and oxygen atoms in total. The lowest BCUT2D eigenvalue weighted by Crippen LogP contribution is -2.50. The van der Waals surface area contributed by atoms with Crippen LogP contribution in [0.25, 0.3) is 10.9 Å². The summed E-state index contributed by atoms with van der Waals surface area (Å²) < 4.78 is 10.5. The van der Waals surface area contributed by atoms with E-state index in [0.717, 1.165) is 36.6 Å². The molecule has 31 heavy (non-hydrogen) atoms. The molecule has 1 aromatic carbocycles. The summed E-state index contributed by atoms with van der Waals surface area (Å²) in [5, 5.41) is 7.31. The van der Waals surface area contributed by atoms with E-state index in [-0.39, 0.29) is 24.5 Å². The van der Waals surface area contributed by atoms with Crippen LogP contribution in [0.4, 0.5) is 10.6 Å². The maximum atomic E-state index is 12.3. The van der Waals surface area contributed by atoms with E-state index < -0.39 is 17.7 Å². The van der Waals surface area contributed by atoms with Gasteiger partial charge < -0.3 is 20.1 Å². The first-order valence-corrected chi connectivity index (χ1v) is 10.9. The summed E-state index contributed by atoms with van der Waals surface area (Å²) in [5.41, 5.74) is 1.17. The van der Waals surface area contributed by atoms with E-state index in [9.17, 15) is 9.59 Å². The molecule has 1 amide bonds. The molecular weight excluding hydrogens is 396 g/mol. The Kier molecular flexibility index (Phi) is 6.97. The summed E-state index contributed by atoms with van der Waals surface area (Å²) in [6.07, 6.45) is 3.34. The normalized spacial score (nSPS) is 19.0. The Morgan fingerprint density at radius 3 is 2.52 bits per heavy atom. The van der Waals surface area contributed by atoms with Gasteiger partial charge in [0.1, 0.15) is 11.4 Å². The van der Waals surface area contributed by atoms with Gasteiger partial charge in [-0.3, -0.25) is 0 Å². The second-order valence-corrected chi connectivity index (χ2v) is 8.92. The third-order valence-electron chi connectivity index (χ3n) is 5.10. The third kappa shape index (κ3) is 6.06. The molecule has 8 heteroatoms. The summed E-state index contributed by atoms with van der Waals surface area (Å²) >= 11 is 0. The number of esters is 1. The topological polar surface area (TPSA) is 102 Å². The number of rotatable bonds is 5. The zero-order valence-electron chi connectivity index (χ0n) is 18.9. The Bertz CT molecular complexity index is 954. The van der Waals surface area contributed by atoms with Gasteiger partial charge in [-0.25, -0.2) is 19.6 Å². The van der Waals surface area contributed by atoms with Gasteiger partial charge in [-0.15, -0.1) is 0 Å². The molecule has 168 valence electrons. The predicted octanol–water partition coefficient (Wildman–Crippen LogP) is 4.36. The van der Waals surface area contributed by atoms with Crippen LogP contribution >= 0.6 is 0 Å². The van der Waals surface area contributed by atoms with Crippen LogP contribution in [0.2, 0.25) is 0 Å². The number of hydrogen-bond acceptors (Lipinski definition) is 7. The van der Waals surface area contributed by atoms with Crippen molar-refractivity contribution in [2.24, 2.45) is 0 Å². The number of benzene rings is 1. The second kappa shape index (κ2) is 9.49. The van der Waals surface area contributed by atoms with E-state index in [1.807, 2.05) is 45.9 Å². The van der Waals surface area contributed by atoms with Crippen molar-refractivity contribution in [1.82, 2.24) is 15.3 Å². The lowest BCUT2D eigenvalue weighted by molar-refractivity contribution is 0.0486. The van der Waals surface area contributed by atoms with Crippen molar-refractivity contribution >= 4 is 28.8 Å². The number of aryl methyl sites for hydroxylation is 1. The van der Waals surface area contributed by atoms with Crippen molar-refractivity contribution in [3.8, 4) is 0 Å². The Balaban J connectivity index is 1.89. The summed E-state index contributed by atoms with van der Waals surface area (Å²) in [6.45, 7) is 9.52. The molecular formula is C23H32N4O4. The van der Waals surface area contributed by atoms with E-state index in [2.05, 4.69) is 20.6 Å². The summed E-state index contributed by atoms with van der Waals surface area (Å²) in [4.78, 5) is 33.5. The second-order valence-electron chi connectivity index (χ2n) is 8.92. The first kappa shape index (κ1) is 22.8. The maximum Gasteiger partial charge on any atom is 0.407 e. The molecule has 2 atom stereocenters. The van der Waals surface area contributed by atoms with Crippen LogP contribution < -0.4 is 10.6 Å². The SMILES string of the molecule is CCOC(=O)c1nc(N[C@H]2CCCC[C@H]2NC(=O)OC(C)(C)C)c2cc(C)ccc2n1. The minimum atomic E-state index is -0.559. The lowest BCUT2D eigenvalue weighted by atomic mass is 9.90. The zero-order valence-corrected chi connectivity index (χ0v) is 18.9. The minimum absolute atomic E-state index is 0.0214. The van der Waals surface area contributed by atoms with Crippen LogP contribution in [0.5, 0.6) is 0 Å². The molecule has 0 bridgehead atoms. The molecule has 2 N–H and O–H groups in total. The number of aromatic nitrogens is 2. The van der Waals surface area contributed by atoms with Crippen molar-refractivity contribution in [1.29, 1.82) is 0 Å². The number of nitrogens with zero attached hydrogens (tertiary/aromatic N) is 2. The highest BCUT2D eigenvalue weighted by atomic mass is 16.6. The number of carbonyl (C=O) groups is 2. The zero-order chi connectivity index (χ0) is 22.6. The van der Waals surface area contributed by atoms with E-state index in [1.54, 1.807) is 6.92 Å². The number of anilines is 1. The number of hydrogen-bond donors (Lipinski definition) is 2. The molecule has 1 aromatic heterocycles. The molecule has 0 spiro atoms. The summed E-state index contributed by atoms with van der Waals surface area (Å²) in [7, 11) is 0. The van der Waals surface area contributed by atoms with Gasteiger partial charge in [-0.1, -0.05) is 24.5 Å². The van der Waals surface area contributed by atoms with E-state index >= 15 is 0 Å². The number of alkyl carbamates (subject to hydrolysis) is 1. The average molecular weight is 429 g/mol. The third-order valence-corrected chi connectivity index (χ3v) is 5.10. The smallest absolute Gasteiger partial charge is 0.407 e. The van der Waals surface area contributed by atoms with Crippen molar-refractivity contribution in [3.05, 3.63) is 29.6 Å². The average Bonchev–Trinajstić information content (AvgIpc) is 2.68. The van der Waals surface area contributed by atoms with Crippen molar-refractivity contribution in [3.63, 3.8) is 0 Å². The predicted molar refractivity (Wildman–Crippen MR) is 119 cm³/mol. The molecule has 0 aliphatic heterocycles. The molecule has 1 heterocycles. The largest absolute Gasteiger partial charge is 0.460 e. The van der Waals surface area contributed by atoms with Crippen molar-refractivity contribution < 1.29 is 19.1 Å². The van der Waals surface area contributed by atoms with Gasteiger partial charge in [0.05, 0.1) is 18.2 Å². The first-order chi connectivity index (χ1) is 14.7. The van der Waals surface area contributed by atoms with Crippen LogP contribution in [0, 0.1) is 6.92 Å². The van der Waals surface area contributed by atoms with Gasteiger partial charge in [-0.2, -0.15) is 0 Å². The van der Waals surface area contributed by atoms with Crippen LogP contribution in [0.15, 0.2) is 18.2 Å². The Morgan fingerprint density at radius 2 is 1.84 bits per heavy atom. The van der Waals surface area contributed by atoms with Gasteiger partial charge in [0, 0.05) is 11.4 Å². The standard InChI is InChI=1S/C23H32N4O4/c1-6-30-21(28)20-24-16-12-11-14(2)13-15(16)19(27-20)25-17-9-7-8-10-18(17)26-22(29)31-23(3,4)5/h11-13,17-18H,6-10H2,1-5H3,(H,26,29)(H,24,25,27)/t17-,18+/m0/s1. The van der Waals surface area contributed by atoms with E-state index in [1.165, 1.54) is 0 Å². The van der Waals surface area contributed by atoms with Crippen molar-refractivity contribution in [2.45, 2.75) is 78.0 Å². The molecule has 1 aliphatic rings. The van der Waals surface area contributed by atoms with E-state index in [4.69, 9.17) is 9.47 Å². The van der Waals surface area contributed by atoms with Gasteiger partial charge >= 0.3 is 12.1 Å². The fraction of sp³-hybridized carbons (Fsp3) is 0.565. The van der Waals surface area contributed by atoms with Gasteiger partial charge in [0.2, 0.25) is 5.82 Å². The molecule has 3 rings (SSSR count). The molecule has 1 aliphatic carbocycles. The molecule has 1 saturated carbocycles. The highest BCUT2D eigenvalue weighted by Crippen LogP contribution is 2.27. The van der Waals surface area contributed by atoms with Gasteiger partial charge in [-0.05, 0) is 59.6 Å². The monoisotopic (exact) mass is 428 g/mol. The molecule has 0 unspecified atom stereocenters. The summed E-state index contributed by atoms with van der Waals surface area (Å²) in [5.74, 6) is 0.0351. The Hall–Kier alpha value is -2.90. The maximum absolute atomic E-state index is 12.3. The summed E-state index contributed by atoms with van der Waals surface area (Å²) in [6, 6.07) is 5.66. The fourth-order valence-electron chi connectivity index (χ4n) is 3.75. The number of carbonyl (C=O) groups excluding carboxylic acids is 2. The number of fused-ring (bicyclic) bond motifs is 1. The van der Waals surface area contributed by atoms with Crippen molar-refractivity contribution in [2.75, 3.05) is 11.9 Å². The number of nitrogens with one attached hydrogen (secondary N) is 2. The van der Waals surface area contributed by atoms with Crippen LogP contribution in [-0.2, 0) is 9.47 Å². The van der Waals surface area contributed by atoms with Gasteiger partial charge in [0.25, 0.3) is 0 Å². The first-order valence-electron chi connectivity index (χ1n) is 10.9. The highest BCUT2D eigenvalue weighted by molar-refractivity contribution is 5.94. The van der Waals surface area contributed by atoms with Gasteiger partial charge in [0.15, 0.2) is 0 Å². The minimum Gasteiger partial charge on any atom is -0.460 e. The molecule has 1 fully saturated rings. The fourth-order valence-corrected chi connectivity index (χ4v) is 3.75.